The van der Waals surface area contributed by atoms with E-state index in [2.05, 4.69) is 59.4 Å². The van der Waals surface area contributed by atoms with Crippen LogP contribution >= 0.6 is 15.9 Å². The molecule has 1 aromatic rings. The molecule has 1 saturated carbocycles. The lowest BCUT2D eigenvalue weighted by Gasteiger charge is -2.30. The lowest BCUT2D eigenvalue weighted by Crippen LogP contribution is -2.36. The minimum atomic E-state index is 0.434. The van der Waals surface area contributed by atoms with Crippen molar-refractivity contribution in [1.29, 1.82) is 0 Å². The fraction of sp³-hybridized carbons (Fsp3) is 0.625. The third-order valence-electron chi connectivity index (χ3n) is 4.04. The Morgan fingerprint density at radius 2 is 1.94 bits per heavy atom. The van der Waals surface area contributed by atoms with Crippen LogP contribution in [0.2, 0.25) is 0 Å². The number of hydrogen-bond acceptors (Lipinski definition) is 1. The second-order valence-electron chi connectivity index (χ2n) is 5.91. The van der Waals surface area contributed by atoms with Gasteiger partial charge >= 0.3 is 0 Å². The normalized spacial score (nSPS) is 18.6. The van der Waals surface area contributed by atoms with Crippen molar-refractivity contribution in [3.8, 4) is 0 Å². The molecule has 1 fully saturated rings. The fourth-order valence-corrected chi connectivity index (χ4v) is 3.02. The molecule has 1 nitrogen and oxygen atoms in total. The van der Waals surface area contributed by atoms with E-state index in [9.17, 15) is 0 Å². The Morgan fingerprint density at radius 1 is 1.28 bits per heavy atom. The van der Waals surface area contributed by atoms with E-state index in [-0.39, 0.29) is 0 Å². The van der Waals surface area contributed by atoms with Gasteiger partial charge in [-0.3, -0.25) is 0 Å². The Morgan fingerprint density at radius 3 is 2.50 bits per heavy atom. The fourth-order valence-electron chi connectivity index (χ4n) is 2.75. The first-order valence-electron chi connectivity index (χ1n) is 7.09. The Balaban J connectivity index is 1.98. The lowest BCUT2D eigenvalue weighted by molar-refractivity contribution is 0.256. The summed E-state index contributed by atoms with van der Waals surface area (Å²) in [5.74, 6) is 0.922. The highest BCUT2D eigenvalue weighted by atomic mass is 79.9. The van der Waals surface area contributed by atoms with Gasteiger partial charge in [0.1, 0.15) is 0 Å². The summed E-state index contributed by atoms with van der Waals surface area (Å²) < 4.78 is 1.17. The molecule has 0 spiro atoms. The van der Waals surface area contributed by atoms with Gasteiger partial charge in [0.2, 0.25) is 0 Å². The molecule has 1 unspecified atom stereocenters. The molecule has 0 radical (unpaired) electrons. The highest BCUT2D eigenvalue weighted by molar-refractivity contribution is 9.10. The van der Waals surface area contributed by atoms with Crippen molar-refractivity contribution in [2.45, 2.75) is 39.5 Å². The molecule has 0 aliphatic heterocycles. The van der Waals surface area contributed by atoms with Crippen LogP contribution in [-0.2, 0) is 6.42 Å². The number of halogens is 1. The van der Waals surface area contributed by atoms with Gasteiger partial charge in [0.05, 0.1) is 0 Å². The molecule has 18 heavy (non-hydrogen) atoms. The van der Waals surface area contributed by atoms with Crippen molar-refractivity contribution >= 4 is 15.9 Å². The molecule has 2 rings (SSSR count). The molecule has 0 amide bonds. The minimum Gasteiger partial charge on any atom is -0.316 e. The molecular formula is C16H24BrN. The van der Waals surface area contributed by atoms with Crippen molar-refractivity contribution < 1.29 is 0 Å². The highest BCUT2D eigenvalue weighted by Gasteiger charge is 2.40. The zero-order valence-corrected chi connectivity index (χ0v) is 13.1. The predicted octanol–water partition coefficient (Wildman–Crippen LogP) is 4.41. The van der Waals surface area contributed by atoms with Crippen LogP contribution in [-0.4, -0.2) is 13.1 Å². The summed E-state index contributed by atoms with van der Waals surface area (Å²) in [6.45, 7) is 6.98. The van der Waals surface area contributed by atoms with Crippen LogP contribution in [0.4, 0.5) is 0 Å². The highest BCUT2D eigenvalue weighted by Crippen LogP contribution is 2.47. The van der Waals surface area contributed by atoms with Gasteiger partial charge in [-0.05, 0) is 61.3 Å². The summed E-state index contributed by atoms with van der Waals surface area (Å²) in [7, 11) is 0. The summed E-state index contributed by atoms with van der Waals surface area (Å²) in [5.41, 5.74) is 1.90. The zero-order chi connectivity index (χ0) is 13.0. The number of benzene rings is 1. The summed E-state index contributed by atoms with van der Waals surface area (Å²) in [6.07, 6.45) is 5.25. The quantitative estimate of drug-likeness (QED) is 0.736. The third kappa shape index (κ3) is 3.83. The molecule has 100 valence electrons. The molecule has 1 aliphatic carbocycles. The molecular weight excluding hydrogens is 286 g/mol. The monoisotopic (exact) mass is 309 g/mol. The van der Waals surface area contributed by atoms with E-state index in [1.165, 1.54) is 35.7 Å². The summed E-state index contributed by atoms with van der Waals surface area (Å²) in [4.78, 5) is 0. The van der Waals surface area contributed by atoms with Crippen molar-refractivity contribution in [3.63, 3.8) is 0 Å². The van der Waals surface area contributed by atoms with E-state index in [1.54, 1.807) is 0 Å². The Kier molecular flexibility index (Phi) is 4.85. The predicted molar refractivity (Wildman–Crippen MR) is 81.8 cm³/mol. The SMILES string of the molecule is CCCNCC(C)(Cc1ccc(Br)cc1)C1CC1. The third-order valence-corrected chi connectivity index (χ3v) is 4.57. The minimum absolute atomic E-state index is 0.434. The molecule has 0 heterocycles. The van der Waals surface area contributed by atoms with Crippen molar-refractivity contribution in [3.05, 3.63) is 34.3 Å². The summed E-state index contributed by atoms with van der Waals surface area (Å²) >= 11 is 3.51. The lowest BCUT2D eigenvalue weighted by atomic mass is 9.79. The molecule has 0 saturated heterocycles. The standard InChI is InChI=1S/C16H24BrN/c1-3-10-18-12-16(2,14-6-7-14)11-13-4-8-15(17)9-5-13/h4-5,8-9,14,18H,3,6-7,10-12H2,1-2H3. The van der Waals surface area contributed by atoms with E-state index >= 15 is 0 Å². The molecule has 0 aromatic heterocycles. The van der Waals surface area contributed by atoms with E-state index in [4.69, 9.17) is 0 Å². The zero-order valence-electron chi connectivity index (χ0n) is 11.5. The van der Waals surface area contributed by atoms with Gasteiger partial charge in [0.25, 0.3) is 0 Å². The van der Waals surface area contributed by atoms with Crippen LogP contribution < -0.4 is 5.32 Å². The average molecular weight is 310 g/mol. The van der Waals surface area contributed by atoms with Gasteiger partial charge in [-0.1, -0.05) is 41.9 Å². The maximum absolute atomic E-state index is 3.62. The van der Waals surface area contributed by atoms with Crippen molar-refractivity contribution in [2.75, 3.05) is 13.1 Å². The first kappa shape index (κ1) is 14.1. The topological polar surface area (TPSA) is 12.0 Å². The maximum Gasteiger partial charge on any atom is 0.0175 e. The van der Waals surface area contributed by atoms with Crippen LogP contribution in [0.1, 0.15) is 38.7 Å². The van der Waals surface area contributed by atoms with Crippen LogP contribution in [0.5, 0.6) is 0 Å². The molecule has 1 atom stereocenters. The van der Waals surface area contributed by atoms with E-state index in [0.717, 1.165) is 19.0 Å². The second kappa shape index (κ2) is 6.21. The number of rotatable bonds is 7. The Labute approximate surface area is 119 Å². The smallest absolute Gasteiger partial charge is 0.0175 e. The maximum atomic E-state index is 3.62. The van der Waals surface area contributed by atoms with E-state index in [1.807, 2.05) is 0 Å². The molecule has 1 aliphatic rings. The number of nitrogens with one attached hydrogen (secondary N) is 1. The van der Waals surface area contributed by atoms with Gasteiger partial charge in [0, 0.05) is 11.0 Å². The van der Waals surface area contributed by atoms with Gasteiger partial charge in [-0.15, -0.1) is 0 Å². The molecule has 2 heteroatoms. The first-order chi connectivity index (χ1) is 8.64. The van der Waals surface area contributed by atoms with Crippen LogP contribution in [0.3, 0.4) is 0 Å². The molecule has 1 aromatic carbocycles. The van der Waals surface area contributed by atoms with Crippen molar-refractivity contribution in [2.24, 2.45) is 11.3 Å². The van der Waals surface area contributed by atoms with Crippen LogP contribution in [0.25, 0.3) is 0 Å². The van der Waals surface area contributed by atoms with E-state index < -0.39 is 0 Å². The Hall–Kier alpha value is -0.340. The summed E-state index contributed by atoms with van der Waals surface area (Å²) in [6, 6.07) is 8.82. The van der Waals surface area contributed by atoms with Gasteiger partial charge < -0.3 is 5.32 Å². The van der Waals surface area contributed by atoms with Crippen LogP contribution in [0.15, 0.2) is 28.7 Å². The van der Waals surface area contributed by atoms with Gasteiger partial charge in [-0.25, -0.2) is 0 Å². The second-order valence-corrected chi connectivity index (χ2v) is 6.82. The van der Waals surface area contributed by atoms with E-state index in [0.29, 0.717) is 5.41 Å². The van der Waals surface area contributed by atoms with Crippen molar-refractivity contribution in [1.82, 2.24) is 5.32 Å². The number of hydrogen-bond donors (Lipinski definition) is 1. The largest absolute Gasteiger partial charge is 0.316 e. The summed E-state index contributed by atoms with van der Waals surface area (Å²) in [5, 5.41) is 3.62. The van der Waals surface area contributed by atoms with Gasteiger partial charge in [-0.2, -0.15) is 0 Å². The average Bonchev–Trinajstić information content (AvgIpc) is 3.17. The van der Waals surface area contributed by atoms with Gasteiger partial charge in [0.15, 0.2) is 0 Å². The molecule has 0 bridgehead atoms. The molecule has 1 N–H and O–H groups in total. The Bertz CT molecular complexity index is 369. The first-order valence-corrected chi connectivity index (χ1v) is 7.88. The van der Waals surface area contributed by atoms with Crippen LogP contribution in [0, 0.1) is 11.3 Å².